The third-order valence-corrected chi connectivity index (χ3v) is 4.92. The van der Waals surface area contributed by atoms with Crippen LogP contribution in [0.1, 0.15) is 53.9 Å². The first kappa shape index (κ1) is 18.5. The molecule has 0 aromatic heterocycles. The van der Waals surface area contributed by atoms with Crippen LogP contribution in [0.25, 0.3) is 0 Å². The van der Waals surface area contributed by atoms with E-state index in [1.54, 1.807) is 0 Å². The number of rotatable bonds is 3. The fourth-order valence-corrected chi connectivity index (χ4v) is 3.99. The predicted molar refractivity (Wildman–Crippen MR) is 93.7 cm³/mol. The zero-order chi connectivity index (χ0) is 17.1. The van der Waals surface area contributed by atoms with Crippen LogP contribution in [-0.2, 0) is 4.74 Å². The molecule has 5 heteroatoms. The van der Waals surface area contributed by atoms with Crippen molar-refractivity contribution in [2.45, 2.75) is 65.0 Å². The SMILES string of the molecule is CC(C)CC1(N2CCN(C(=O)OC(C)(C)C)CC2)CCNCC1. The van der Waals surface area contributed by atoms with Crippen LogP contribution in [0.4, 0.5) is 4.79 Å². The van der Waals surface area contributed by atoms with Crippen molar-refractivity contribution >= 4 is 6.09 Å². The number of nitrogens with zero attached hydrogens (tertiary/aromatic N) is 2. The van der Waals surface area contributed by atoms with E-state index in [-0.39, 0.29) is 6.09 Å². The summed E-state index contributed by atoms with van der Waals surface area (Å²) in [4.78, 5) is 16.7. The fraction of sp³-hybridized carbons (Fsp3) is 0.944. The second kappa shape index (κ2) is 7.39. The summed E-state index contributed by atoms with van der Waals surface area (Å²) < 4.78 is 5.51. The molecule has 0 aromatic carbocycles. The zero-order valence-electron chi connectivity index (χ0n) is 15.7. The van der Waals surface area contributed by atoms with E-state index in [0.717, 1.165) is 39.3 Å². The van der Waals surface area contributed by atoms with Crippen LogP contribution in [-0.4, -0.2) is 66.3 Å². The third-order valence-electron chi connectivity index (χ3n) is 4.92. The van der Waals surface area contributed by atoms with E-state index in [9.17, 15) is 4.79 Å². The average molecular weight is 325 g/mol. The summed E-state index contributed by atoms with van der Waals surface area (Å²) in [5.41, 5.74) is -0.0957. The molecule has 134 valence electrons. The molecule has 0 aromatic rings. The highest BCUT2D eigenvalue weighted by molar-refractivity contribution is 5.68. The number of carbonyl (C=O) groups excluding carboxylic acids is 1. The molecule has 23 heavy (non-hydrogen) atoms. The number of hydrogen-bond acceptors (Lipinski definition) is 4. The number of piperazine rings is 1. The van der Waals surface area contributed by atoms with Gasteiger partial charge in [0, 0.05) is 31.7 Å². The van der Waals surface area contributed by atoms with Crippen LogP contribution < -0.4 is 5.32 Å². The van der Waals surface area contributed by atoms with Crippen molar-refractivity contribution < 1.29 is 9.53 Å². The van der Waals surface area contributed by atoms with Gasteiger partial charge in [-0.3, -0.25) is 4.90 Å². The van der Waals surface area contributed by atoms with Gasteiger partial charge < -0.3 is 15.0 Å². The van der Waals surface area contributed by atoms with Crippen molar-refractivity contribution in [1.82, 2.24) is 15.1 Å². The van der Waals surface area contributed by atoms with E-state index in [0.29, 0.717) is 11.5 Å². The summed E-state index contributed by atoms with van der Waals surface area (Å²) in [5, 5.41) is 3.49. The van der Waals surface area contributed by atoms with Crippen LogP contribution in [0, 0.1) is 5.92 Å². The number of ether oxygens (including phenoxy) is 1. The summed E-state index contributed by atoms with van der Waals surface area (Å²) in [5.74, 6) is 0.706. The van der Waals surface area contributed by atoms with Gasteiger partial charge in [0.1, 0.15) is 5.60 Å². The maximum atomic E-state index is 12.2. The van der Waals surface area contributed by atoms with E-state index in [1.807, 2.05) is 25.7 Å². The summed E-state index contributed by atoms with van der Waals surface area (Å²) in [6, 6.07) is 0. The molecule has 2 saturated heterocycles. The molecular weight excluding hydrogens is 290 g/mol. The van der Waals surface area contributed by atoms with Crippen LogP contribution in [0.3, 0.4) is 0 Å². The molecule has 0 saturated carbocycles. The van der Waals surface area contributed by atoms with Crippen LogP contribution in [0.2, 0.25) is 0 Å². The predicted octanol–water partition coefficient (Wildman–Crippen LogP) is 2.71. The summed E-state index contributed by atoms with van der Waals surface area (Å²) in [7, 11) is 0. The lowest BCUT2D eigenvalue weighted by Gasteiger charge is -2.50. The topological polar surface area (TPSA) is 44.8 Å². The van der Waals surface area contributed by atoms with Gasteiger partial charge in [-0.25, -0.2) is 4.79 Å². The van der Waals surface area contributed by atoms with E-state index in [4.69, 9.17) is 4.74 Å². The van der Waals surface area contributed by atoms with Crippen molar-refractivity contribution in [2.24, 2.45) is 5.92 Å². The Morgan fingerprint density at radius 3 is 2.17 bits per heavy atom. The van der Waals surface area contributed by atoms with Crippen molar-refractivity contribution in [3.8, 4) is 0 Å². The van der Waals surface area contributed by atoms with Gasteiger partial charge in [0.25, 0.3) is 0 Å². The zero-order valence-corrected chi connectivity index (χ0v) is 15.7. The second-order valence-corrected chi connectivity index (χ2v) is 8.53. The lowest BCUT2D eigenvalue weighted by atomic mass is 9.79. The highest BCUT2D eigenvalue weighted by Gasteiger charge is 2.40. The Hall–Kier alpha value is -0.810. The molecule has 0 aliphatic carbocycles. The van der Waals surface area contributed by atoms with E-state index in [2.05, 4.69) is 24.1 Å². The molecule has 2 heterocycles. The van der Waals surface area contributed by atoms with Crippen molar-refractivity contribution in [1.29, 1.82) is 0 Å². The van der Waals surface area contributed by atoms with Crippen LogP contribution >= 0.6 is 0 Å². The minimum atomic E-state index is -0.415. The quantitative estimate of drug-likeness (QED) is 0.866. The number of carbonyl (C=O) groups is 1. The van der Waals surface area contributed by atoms with Crippen LogP contribution in [0.15, 0.2) is 0 Å². The Kier molecular flexibility index (Phi) is 5.95. The molecule has 1 amide bonds. The van der Waals surface area contributed by atoms with E-state index >= 15 is 0 Å². The van der Waals surface area contributed by atoms with Gasteiger partial charge in [0.05, 0.1) is 0 Å². The summed E-state index contributed by atoms with van der Waals surface area (Å²) >= 11 is 0. The average Bonchev–Trinajstić information content (AvgIpc) is 2.46. The molecule has 0 unspecified atom stereocenters. The van der Waals surface area contributed by atoms with E-state index < -0.39 is 5.60 Å². The van der Waals surface area contributed by atoms with Crippen molar-refractivity contribution in [3.05, 3.63) is 0 Å². The van der Waals surface area contributed by atoms with E-state index in [1.165, 1.54) is 19.3 Å². The molecule has 0 atom stereocenters. The number of hydrogen-bond donors (Lipinski definition) is 1. The first-order valence-corrected chi connectivity index (χ1v) is 9.16. The minimum Gasteiger partial charge on any atom is -0.444 e. The highest BCUT2D eigenvalue weighted by atomic mass is 16.6. The van der Waals surface area contributed by atoms with Gasteiger partial charge in [-0.05, 0) is 59.0 Å². The molecule has 2 aliphatic heterocycles. The maximum Gasteiger partial charge on any atom is 0.410 e. The molecule has 2 aliphatic rings. The molecule has 0 bridgehead atoms. The largest absolute Gasteiger partial charge is 0.444 e. The van der Waals surface area contributed by atoms with Gasteiger partial charge in [-0.2, -0.15) is 0 Å². The molecule has 2 rings (SSSR count). The second-order valence-electron chi connectivity index (χ2n) is 8.53. The Bertz CT molecular complexity index is 390. The molecule has 2 fully saturated rings. The fourth-order valence-electron chi connectivity index (χ4n) is 3.99. The van der Waals surface area contributed by atoms with Gasteiger partial charge in [-0.1, -0.05) is 13.8 Å². The summed E-state index contributed by atoms with van der Waals surface area (Å²) in [6.07, 6.45) is 3.52. The Morgan fingerprint density at radius 1 is 1.13 bits per heavy atom. The molecule has 1 N–H and O–H groups in total. The normalized spacial score (nSPS) is 23.1. The molecule has 0 spiro atoms. The standard InChI is InChI=1S/C18H35N3O2/c1-15(2)14-18(6-8-19-9-7-18)21-12-10-20(11-13-21)16(22)23-17(3,4)5/h15,19H,6-14H2,1-5H3. The lowest BCUT2D eigenvalue weighted by Crippen LogP contribution is -2.61. The third kappa shape index (κ3) is 5.08. The monoisotopic (exact) mass is 325 g/mol. The minimum absolute atomic E-state index is 0.166. The smallest absolute Gasteiger partial charge is 0.410 e. The number of amides is 1. The van der Waals surface area contributed by atoms with Crippen LogP contribution in [0.5, 0.6) is 0 Å². The first-order valence-electron chi connectivity index (χ1n) is 9.16. The molecule has 5 nitrogen and oxygen atoms in total. The lowest BCUT2D eigenvalue weighted by molar-refractivity contribution is -0.0183. The van der Waals surface area contributed by atoms with Gasteiger partial charge in [0.15, 0.2) is 0 Å². The van der Waals surface area contributed by atoms with Gasteiger partial charge >= 0.3 is 6.09 Å². The number of nitrogens with one attached hydrogen (secondary N) is 1. The molecule has 0 radical (unpaired) electrons. The first-order chi connectivity index (χ1) is 10.7. The van der Waals surface area contributed by atoms with Gasteiger partial charge in [-0.15, -0.1) is 0 Å². The number of piperidine rings is 1. The summed E-state index contributed by atoms with van der Waals surface area (Å²) in [6.45, 7) is 16.1. The van der Waals surface area contributed by atoms with Crippen molar-refractivity contribution in [2.75, 3.05) is 39.3 Å². The highest BCUT2D eigenvalue weighted by Crippen LogP contribution is 2.34. The Balaban J connectivity index is 1.94. The molecular formula is C18H35N3O2. The van der Waals surface area contributed by atoms with Crippen molar-refractivity contribution in [3.63, 3.8) is 0 Å². The Morgan fingerprint density at radius 2 is 1.70 bits per heavy atom. The Labute approximate surface area is 141 Å². The maximum absolute atomic E-state index is 12.2. The van der Waals surface area contributed by atoms with Gasteiger partial charge in [0.2, 0.25) is 0 Å².